The van der Waals surface area contributed by atoms with Crippen molar-refractivity contribution < 1.29 is 13.2 Å². The van der Waals surface area contributed by atoms with Crippen LogP contribution in [0, 0.1) is 11.3 Å². The fourth-order valence-electron chi connectivity index (χ4n) is 2.72. The second-order valence-corrected chi connectivity index (χ2v) is 8.23. The number of hydrogen-bond donors (Lipinski definition) is 0. The number of aryl methyl sites for hydroxylation is 1. The minimum absolute atomic E-state index is 0.197. The van der Waals surface area contributed by atoms with Crippen molar-refractivity contribution in [1.29, 1.82) is 5.26 Å². The molecule has 0 N–H and O–H groups in total. The van der Waals surface area contributed by atoms with E-state index in [1.165, 1.54) is 6.26 Å². The molecule has 0 saturated carbocycles. The molecule has 0 bridgehead atoms. The van der Waals surface area contributed by atoms with Gasteiger partial charge in [-0.15, -0.1) is 0 Å². The largest absolute Gasteiger partial charge is 0.470 e. The summed E-state index contributed by atoms with van der Waals surface area (Å²) in [7, 11) is -3.27. The van der Waals surface area contributed by atoms with Crippen molar-refractivity contribution in [3.05, 3.63) is 71.5 Å². The molecule has 6 nitrogen and oxygen atoms in total. The van der Waals surface area contributed by atoms with E-state index in [-0.39, 0.29) is 17.4 Å². The van der Waals surface area contributed by atoms with Crippen molar-refractivity contribution in [3.8, 4) is 23.2 Å². The summed E-state index contributed by atoms with van der Waals surface area (Å²) in [5, 5.41) is 9.56. The van der Waals surface area contributed by atoms with Gasteiger partial charge in [-0.05, 0) is 42.3 Å². The van der Waals surface area contributed by atoms with Gasteiger partial charge >= 0.3 is 0 Å². The third kappa shape index (κ3) is 4.35. The Bertz CT molecular complexity index is 1120. The second kappa shape index (κ2) is 8.19. The highest BCUT2D eigenvalue weighted by Crippen LogP contribution is 2.28. The second-order valence-electron chi connectivity index (χ2n) is 6.22. The Morgan fingerprint density at radius 1 is 1.14 bits per heavy atom. The van der Waals surface area contributed by atoms with Crippen LogP contribution in [0.4, 0.5) is 0 Å². The predicted molar refractivity (Wildman–Crippen MR) is 105 cm³/mol. The SMILES string of the molecule is CCc1cc(-c2ccc(S(C)(=O)=O)cc2)nc(OCc2ccccn2)c1C#N. The molecule has 0 aliphatic heterocycles. The van der Waals surface area contributed by atoms with E-state index in [1.807, 2.05) is 31.2 Å². The molecule has 3 aromatic rings. The molecule has 0 amide bonds. The fourth-order valence-corrected chi connectivity index (χ4v) is 3.35. The lowest BCUT2D eigenvalue weighted by Crippen LogP contribution is -2.04. The zero-order valence-corrected chi connectivity index (χ0v) is 16.4. The van der Waals surface area contributed by atoms with Crippen LogP contribution < -0.4 is 4.74 Å². The van der Waals surface area contributed by atoms with Crippen LogP contribution in [0.3, 0.4) is 0 Å². The van der Waals surface area contributed by atoms with Gasteiger partial charge in [0.15, 0.2) is 9.84 Å². The van der Waals surface area contributed by atoms with Crippen molar-refractivity contribution in [2.24, 2.45) is 0 Å². The lowest BCUT2D eigenvalue weighted by Gasteiger charge is -2.12. The lowest BCUT2D eigenvalue weighted by atomic mass is 10.0. The molecule has 2 aromatic heterocycles. The van der Waals surface area contributed by atoms with Crippen LogP contribution in [0.25, 0.3) is 11.3 Å². The van der Waals surface area contributed by atoms with Crippen LogP contribution >= 0.6 is 0 Å². The average molecular weight is 393 g/mol. The summed E-state index contributed by atoms with van der Waals surface area (Å²) in [6, 6.07) is 16.0. The van der Waals surface area contributed by atoms with E-state index < -0.39 is 9.84 Å². The Hall–Kier alpha value is -3.24. The molecule has 0 atom stereocenters. The first-order valence-corrected chi connectivity index (χ1v) is 10.6. The molecule has 3 rings (SSSR count). The highest BCUT2D eigenvalue weighted by Gasteiger charge is 2.15. The van der Waals surface area contributed by atoms with Gasteiger partial charge in [0.05, 0.1) is 16.3 Å². The first-order chi connectivity index (χ1) is 13.4. The Morgan fingerprint density at radius 3 is 2.46 bits per heavy atom. The van der Waals surface area contributed by atoms with Gasteiger partial charge in [0, 0.05) is 18.0 Å². The van der Waals surface area contributed by atoms with Crippen molar-refractivity contribution in [1.82, 2.24) is 9.97 Å². The normalized spacial score (nSPS) is 11.0. The fraction of sp³-hybridized carbons (Fsp3) is 0.190. The molecule has 2 heterocycles. The van der Waals surface area contributed by atoms with Crippen molar-refractivity contribution >= 4 is 9.84 Å². The van der Waals surface area contributed by atoms with Crippen LogP contribution in [-0.2, 0) is 22.9 Å². The minimum Gasteiger partial charge on any atom is -0.470 e. The summed E-state index contributed by atoms with van der Waals surface area (Å²) in [6.07, 6.45) is 3.48. The van der Waals surface area contributed by atoms with E-state index in [0.29, 0.717) is 17.7 Å². The molecule has 28 heavy (non-hydrogen) atoms. The lowest BCUT2D eigenvalue weighted by molar-refractivity contribution is 0.288. The first kappa shape index (κ1) is 19.5. The van der Waals surface area contributed by atoms with Crippen LogP contribution in [0.5, 0.6) is 5.88 Å². The standard InChI is InChI=1S/C21H19N3O3S/c1-3-15-12-20(16-7-9-18(10-8-16)28(2,25)26)24-21(19(15)13-22)27-14-17-6-4-5-11-23-17/h4-12H,3,14H2,1-2H3. The molecule has 0 aliphatic carbocycles. The predicted octanol–water partition coefficient (Wildman–Crippen LogP) is 3.56. The summed E-state index contributed by atoms with van der Waals surface area (Å²) in [6.45, 7) is 2.15. The molecule has 0 fully saturated rings. The molecule has 0 spiro atoms. The van der Waals surface area contributed by atoms with Crippen LogP contribution in [-0.4, -0.2) is 24.6 Å². The van der Waals surface area contributed by atoms with E-state index in [0.717, 1.165) is 16.8 Å². The van der Waals surface area contributed by atoms with E-state index >= 15 is 0 Å². The number of hydrogen-bond acceptors (Lipinski definition) is 6. The topological polar surface area (TPSA) is 92.9 Å². The van der Waals surface area contributed by atoms with Gasteiger partial charge in [-0.25, -0.2) is 13.4 Å². The van der Waals surface area contributed by atoms with Gasteiger partial charge in [0.1, 0.15) is 18.2 Å². The van der Waals surface area contributed by atoms with E-state index in [4.69, 9.17) is 4.74 Å². The first-order valence-electron chi connectivity index (χ1n) is 8.69. The summed E-state index contributed by atoms with van der Waals surface area (Å²) in [5.74, 6) is 0.245. The maximum Gasteiger partial charge on any atom is 0.232 e. The molecular formula is C21H19N3O3S. The Labute approximate surface area is 164 Å². The van der Waals surface area contributed by atoms with Crippen LogP contribution in [0.15, 0.2) is 59.6 Å². The molecule has 0 radical (unpaired) electrons. The maximum absolute atomic E-state index is 11.7. The highest BCUT2D eigenvalue weighted by molar-refractivity contribution is 7.90. The smallest absolute Gasteiger partial charge is 0.232 e. The average Bonchev–Trinajstić information content (AvgIpc) is 2.71. The van der Waals surface area contributed by atoms with Gasteiger partial charge < -0.3 is 4.74 Å². The molecule has 0 saturated heterocycles. The highest BCUT2D eigenvalue weighted by atomic mass is 32.2. The number of nitrogens with zero attached hydrogens (tertiary/aromatic N) is 3. The third-order valence-corrected chi connectivity index (χ3v) is 5.35. The number of aromatic nitrogens is 2. The van der Waals surface area contributed by atoms with Gasteiger partial charge in [-0.1, -0.05) is 25.1 Å². The monoisotopic (exact) mass is 393 g/mol. The van der Waals surface area contributed by atoms with Gasteiger partial charge in [0.2, 0.25) is 5.88 Å². The quantitative estimate of drug-likeness (QED) is 0.636. The van der Waals surface area contributed by atoms with Crippen LogP contribution in [0.1, 0.15) is 23.7 Å². The molecule has 7 heteroatoms. The van der Waals surface area contributed by atoms with Gasteiger partial charge in [0.25, 0.3) is 0 Å². The Kier molecular flexibility index (Phi) is 5.71. The van der Waals surface area contributed by atoms with Gasteiger partial charge in [-0.3, -0.25) is 4.98 Å². The zero-order chi connectivity index (χ0) is 20.1. The summed E-state index contributed by atoms with van der Waals surface area (Å²) >= 11 is 0. The summed E-state index contributed by atoms with van der Waals surface area (Å²) in [4.78, 5) is 8.96. The van der Waals surface area contributed by atoms with Gasteiger partial charge in [-0.2, -0.15) is 5.26 Å². The number of benzene rings is 1. The van der Waals surface area contributed by atoms with Crippen molar-refractivity contribution in [3.63, 3.8) is 0 Å². The number of sulfone groups is 1. The number of nitriles is 1. The number of pyridine rings is 2. The van der Waals surface area contributed by atoms with E-state index in [2.05, 4.69) is 16.0 Å². The number of rotatable bonds is 6. The minimum atomic E-state index is -3.27. The molecule has 0 unspecified atom stereocenters. The number of ether oxygens (including phenoxy) is 1. The summed E-state index contributed by atoms with van der Waals surface area (Å²) in [5.41, 5.74) is 3.31. The van der Waals surface area contributed by atoms with Crippen molar-refractivity contribution in [2.45, 2.75) is 24.8 Å². The zero-order valence-electron chi connectivity index (χ0n) is 15.6. The third-order valence-electron chi connectivity index (χ3n) is 4.22. The van der Waals surface area contributed by atoms with Crippen molar-refractivity contribution in [2.75, 3.05) is 6.26 Å². The Morgan fingerprint density at radius 2 is 1.89 bits per heavy atom. The maximum atomic E-state index is 11.7. The molecule has 1 aromatic carbocycles. The van der Waals surface area contributed by atoms with E-state index in [1.54, 1.807) is 30.5 Å². The molecule has 0 aliphatic rings. The summed E-state index contributed by atoms with van der Waals surface area (Å²) < 4.78 is 29.1. The Balaban J connectivity index is 1.99. The van der Waals surface area contributed by atoms with Crippen LogP contribution in [0.2, 0.25) is 0 Å². The molecule has 142 valence electrons. The van der Waals surface area contributed by atoms with E-state index in [9.17, 15) is 13.7 Å². The molecular weight excluding hydrogens is 374 g/mol.